The van der Waals surface area contributed by atoms with Crippen LogP contribution in [0.3, 0.4) is 0 Å². The summed E-state index contributed by atoms with van der Waals surface area (Å²) in [4.78, 5) is 12.0. The third kappa shape index (κ3) is 5.62. The van der Waals surface area contributed by atoms with E-state index in [9.17, 15) is 4.79 Å². The Bertz CT molecular complexity index is 439. The number of benzene rings is 1. The zero-order chi connectivity index (χ0) is 15.1. The van der Waals surface area contributed by atoms with Crippen LogP contribution in [0.1, 0.15) is 49.9 Å². The molecule has 1 amide bonds. The first kappa shape index (κ1) is 16.2. The molecule has 0 unspecified atom stereocenters. The average Bonchev–Trinajstić information content (AvgIpc) is 2.97. The van der Waals surface area contributed by atoms with Gasteiger partial charge in [0.1, 0.15) is 5.75 Å². The van der Waals surface area contributed by atoms with E-state index >= 15 is 0 Å². The molecular formula is C17H25NO2S. The van der Waals surface area contributed by atoms with Crippen molar-refractivity contribution in [3.8, 4) is 5.75 Å². The lowest BCUT2D eigenvalue weighted by Gasteiger charge is -2.11. The van der Waals surface area contributed by atoms with Crippen LogP contribution < -0.4 is 10.1 Å². The van der Waals surface area contributed by atoms with Gasteiger partial charge >= 0.3 is 0 Å². The van der Waals surface area contributed by atoms with E-state index in [1.54, 1.807) is 0 Å². The number of amides is 1. The molecule has 1 aromatic carbocycles. The van der Waals surface area contributed by atoms with Gasteiger partial charge in [0.15, 0.2) is 0 Å². The minimum Gasteiger partial charge on any atom is -0.491 e. The van der Waals surface area contributed by atoms with Crippen molar-refractivity contribution in [1.82, 2.24) is 5.32 Å². The summed E-state index contributed by atoms with van der Waals surface area (Å²) in [5.74, 6) is 1.81. The Morgan fingerprint density at radius 3 is 2.57 bits per heavy atom. The minimum atomic E-state index is -0.00174. The maximum Gasteiger partial charge on any atom is 0.251 e. The fourth-order valence-electron chi connectivity index (χ4n) is 2.50. The fourth-order valence-corrected chi connectivity index (χ4v) is 3.72. The van der Waals surface area contributed by atoms with Gasteiger partial charge in [0, 0.05) is 23.1 Å². The van der Waals surface area contributed by atoms with Gasteiger partial charge in [0.2, 0.25) is 0 Å². The van der Waals surface area contributed by atoms with Gasteiger partial charge in [-0.3, -0.25) is 4.79 Å². The number of hydrogen-bond acceptors (Lipinski definition) is 3. The van der Waals surface area contributed by atoms with Gasteiger partial charge in [-0.25, -0.2) is 0 Å². The molecule has 21 heavy (non-hydrogen) atoms. The van der Waals surface area contributed by atoms with Gasteiger partial charge in [0.25, 0.3) is 5.91 Å². The van der Waals surface area contributed by atoms with Gasteiger partial charge in [-0.05, 0) is 51.0 Å². The second-order valence-corrected chi connectivity index (χ2v) is 7.13. The summed E-state index contributed by atoms with van der Waals surface area (Å²) in [5.41, 5.74) is 0.692. The third-order valence-corrected chi connectivity index (χ3v) is 4.91. The number of nitrogens with one attached hydrogen (secondary N) is 1. The van der Waals surface area contributed by atoms with Gasteiger partial charge in [-0.15, -0.1) is 0 Å². The zero-order valence-electron chi connectivity index (χ0n) is 12.9. The van der Waals surface area contributed by atoms with Crippen LogP contribution >= 0.6 is 11.8 Å². The van der Waals surface area contributed by atoms with E-state index in [2.05, 4.69) is 5.32 Å². The summed E-state index contributed by atoms with van der Waals surface area (Å²) in [5, 5.41) is 3.80. The molecule has 4 heteroatoms. The first-order valence-corrected chi connectivity index (χ1v) is 8.86. The van der Waals surface area contributed by atoms with E-state index in [4.69, 9.17) is 4.74 Å². The summed E-state index contributed by atoms with van der Waals surface area (Å²) in [6, 6.07) is 7.33. The molecule has 1 aliphatic rings. The average molecular weight is 307 g/mol. The van der Waals surface area contributed by atoms with Crippen LogP contribution in [0.25, 0.3) is 0 Å². The molecule has 0 aliphatic heterocycles. The van der Waals surface area contributed by atoms with Crippen molar-refractivity contribution >= 4 is 17.7 Å². The highest BCUT2D eigenvalue weighted by molar-refractivity contribution is 7.99. The van der Waals surface area contributed by atoms with E-state index in [1.165, 1.54) is 25.7 Å². The largest absolute Gasteiger partial charge is 0.491 e. The number of rotatable bonds is 7. The Hall–Kier alpha value is -1.16. The Morgan fingerprint density at radius 1 is 1.29 bits per heavy atom. The molecule has 1 fully saturated rings. The maximum absolute atomic E-state index is 12.0. The quantitative estimate of drug-likeness (QED) is 0.777. The predicted molar refractivity (Wildman–Crippen MR) is 89.3 cm³/mol. The molecule has 0 saturated heterocycles. The number of carbonyl (C=O) groups excluding carboxylic acids is 1. The van der Waals surface area contributed by atoms with Crippen LogP contribution in [-0.4, -0.2) is 29.6 Å². The van der Waals surface area contributed by atoms with Crippen LogP contribution in [0.15, 0.2) is 24.3 Å². The molecule has 1 aromatic rings. The van der Waals surface area contributed by atoms with E-state index in [-0.39, 0.29) is 12.0 Å². The minimum absolute atomic E-state index is 0.00174. The first-order chi connectivity index (χ1) is 10.1. The van der Waals surface area contributed by atoms with Gasteiger partial charge in [-0.2, -0.15) is 11.8 Å². The van der Waals surface area contributed by atoms with Crippen LogP contribution in [0.4, 0.5) is 0 Å². The Labute approximate surface area is 131 Å². The topological polar surface area (TPSA) is 38.3 Å². The molecule has 1 aliphatic carbocycles. The highest BCUT2D eigenvalue weighted by atomic mass is 32.2. The number of thioether (sulfide) groups is 1. The summed E-state index contributed by atoms with van der Waals surface area (Å²) < 4.78 is 5.57. The Morgan fingerprint density at radius 2 is 1.95 bits per heavy atom. The molecule has 0 heterocycles. The lowest BCUT2D eigenvalue weighted by molar-refractivity contribution is 0.0956. The third-order valence-electron chi connectivity index (χ3n) is 3.53. The molecule has 1 saturated carbocycles. The first-order valence-electron chi connectivity index (χ1n) is 7.81. The number of ether oxygens (including phenoxy) is 1. The normalized spacial score (nSPS) is 15.4. The van der Waals surface area contributed by atoms with Crippen LogP contribution in [0.5, 0.6) is 5.75 Å². The van der Waals surface area contributed by atoms with E-state index in [0.29, 0.717) is 5.56 Å². The molecule has 0 atom stereocenters. The molecule has 0 aromatic heterocycles. The molecule has 2 rings (SSSR count). The SMILES string of the molecule is CC(C)Oc1ccc(C(=O)NCCSC2CCCC2)cc1. The molecular weight excluding hydrogens is 282 g/mol. The van der Waals surface area contributed by atoms with Crippen molar-refractivity contribution in [2.75, 3.05) is 12.3 Å². The second kappa shape index (κ2) is 8.32. The molecule has 0 bridgehead atoms. The summed E-state index contributed by atoms with van der Waals surface area (Å²) in [7, 11) is 0. The van der Waals surface area contributed by atoms with Crippen molar-refractivity contribution in [2.45, 2.75) is 50.9 Å². The van der Waals surface area contributed by atoms with Crippen molar-refractivity contribution in [3.63, 3.8) is 0 Å². The molecule has 3 nitrogen and oxygen atoms in total. The van der Waals surface area contributed by atoms with Gasteiger partial charge in [0.05, 0.1) is 6.10 Å². The summed E-state index contributed by atoms with van der Waals surface area (Å²) >= 11 is 2.00. The van der Waals surface area contributed by atoms with E-state index < -0.39 is 0 Å². The van der Waals surface area contributed by atoms with Crippen molar-refractivity contribution in [3.05, 3.63) is 29.8 Å². The Kier molecular flexibility index (Phi) is 6.43. The zero-order valence-corrected chi connectivity index (χ0v) is 13.7. The lowest BCUT2D eigenvalue weighted by Crippen LogP contribution is -2.26. The van der Waals surface area contributed by atoms with Crippen molar-refractivity contribution < 1.29 is 9.53 Å². The number of hydrogen-bond donors (Lipinski definition) is 1. The molecule has 1 N–H and O–H groups in total. The van der Waals surface area contributed by atoms with E-state index in [0.717, 1.165) is 23.3 Å². The molecule has 0 spiro atoms. The monoisotopic (exact) mass is 307 g/mol. The summed E-state index contributed by atoms with van der Waals surface area (Å²) in [6.07, 6.45) is 5.58. The van der Waals surface area contributed by atoms with Crippen LogP contribution in [-0.2, 0) is 0 Å². The second-order valence-electron chi connectivity index (χ2n) is 5.72. The molecule has 116 valence electrons. The van der Waals surface area contributed by atoms with Crippen LogP contribution in [0, 0.1) is 0 Å². The summed E-state index contributed by atoms with van der Waals surface area (Å²) in [6.45, 7) is 4.72. The molecule has 0 radical (unpaired) electrons. The number of carbonyl (C=O) groups is 1. The highest BCUT2D eigenvalue weighted by Gasteiger charge is 2.14. The van der Waals surface area contributed by atoms with Gasteiger partial charge in [-0.1, -0.05) is 12.8 Å². The maximum atomic E-state index is 12.0. The van der Waals surface area contributed by atoms with Gasteiger partial charge < -0.3 is 10.1 Å². The van der Waals surface area contributed by atoms with Crippen molar-refractivity contribution in [2.24, 2.45) is 0 Å². The Balaban J connectivity index is 1.69. The van der Waals surface area contributed by atoms with Crippen molar-refractivity contribution in [1.29, 1.82) is 0 Å². The smallest absolute Gasteiger partial charge is 0.251 e. The lowest BCUT2D eigenvalue weighted by atomic mass is 10.2. The van der Waals surface area contributed by atoms with E-state index in [1.807, 2.05) is 49.9 Å². The predicted octanol–water partition coefficient (Wildman–Crippen LogP) is 3.88. The standard InChI is InChI=1S/C17H25NO2S/c1-13(2)20-15-9-7-14(8-10-15)17(19)18-11-12-21-16-5-3-4-6-16/h7-10,13,16H,3-6,11-12H2,1-2H3,(H,18,19). The van der Waals surface area contributed by atoms with Crippen LogP contribution in [0.2, 0.25) is 0 Å². The fraction of sp³-hybridized carbons (Fsp3) is 0.588. The highest BCUT2D eigenvalue weighted by Crippen LogP contribution is 2.28.